The van der Waals surface area contributed by atoms with Crippen LogP contribution in [-0.4, -0.2) is 60.6 Å². The summed E-state index contributed by atoms with van der Waals surface area (Å²) in [6, 6.07) is 6.17. The van der Waals surface area contributed by atoms with Gasteiger partial charge in [0.25, 0.3) is 0 Å². The van der Waals surface area contributed by atoms with E-state index in [0.29, 0.717) is 0 Å². The predicted molar refractivity (Wildman–Crippen MR) is 82.3 cm³/mol. The SMILES string of the molecule is Cc1cccc(CCNC(C)(C)C)n1.[CH3][Sr][S]O. The molecule has 1 heterocycles. The number of rotatable bonds is 4. The summed E-state index contributed by atoms with van der Waals surface area (Å²) >= 11 is -0.562. The van der Waals surface area contributed by atoms with E-state index in [1.165, 1.54) is 5.69 Å². The van der Waals surface area contributed by atoms with E-state index in [1.807, 2.05) is 13.0 Å². The Bertz CT molecular complexity index is 327. The zero-order chi connectivity index (χ0) is 14.0. The molecule has 0 aliphatic rings. The number of pyridine rings is 1. The van der Waals surface area contributed by atoms with Crippen LogP contribution < -0.4 is 5.32 Å². The minimum atomic E-state index is -0.562. The van der Waals surface area contributed by atoms with Crippen LogP contribution >= 0.6 is 5.03 Å². The maximum absolute atomic E-state index is 7.88. The Morgan fingerprint density at radius 3 is 2.44 bits per heavy atom. The van der Waals surface area contributed by atoms with Gasteiger partial charge in [0.2, 0.25) is 0 Å². The topological polar surface area (TPSA) is 45.2 Å². The first-order valence-corrected chi connectivity index (χ1v) is 15.0. The van der Waals surface area contributed by atoms with Gasteiger partial charge < -0.3 is 5.32 Å². The van der Waals surface area contributed by atoms with Crippen LogP contribution in [-0.2, 0) is 6.42 Å². The zero-order valence-electron chi connectivity index (χ0n) is 12.2. The molecule has 0 radical (unpaired) electrons. The van der Waals surface area contributed by atoms with E-state index in [4.69, 9.17) is 4.55 Å². The first kappa shape index (κ1) is 18.9. The molecule has 0 saturated heterocycles. The van der Waals surface area contributed by atoms with Crippen molar-refractivity contribution < 1.29 is 4.55 Å². The Hall–Kier alpha value is 0.901. The van der Waals surface area contributed by atoms with Gasteiger partial charge in [-0.1, -0.05) is 6.07 Å². The van der Waals surface area contributed by atoms with Crippen molar-refractivity contribution in [2.24, 2.45) is 0 Å². The molecule has 1 aromatic heterocycles. The first-order chi connectivity index (χ1) is 8.39. The second-order valence-electron chi connectivity index (χ2n) is 5.11. The van der Waals surface area contributed by atoms with E-state index in [9.17, 15) is 0 Å². The average molecular weight is 344 g/mol. The van der Waals surface area contributed by atoms with E-state index in [0.717, 1.165) is 23.7 Å². The van der Waals surface area contributed by atoms with Crippen molar-refractivity contribution in [3.05, 3.63) is 29.6 Å². The van der Waals surface area contributed by atoms with E-state index < -0.39 is 39.0 Å². The minimum absolute atomic E-state index is 0.198. The van der Waals surface area contributed by atoms with E-state index in [2.05, 4.69) is 45.1 Å². The van der Waals surface area contributed by atoms with Crippen LogP contribution in [0.1, 0.15) is 32.2 Å². The fourth-order valence-electron chi connectivity index (χ4n) is 1.30. The maximum atomic E-state index is 7.88. The van der Waals surface area contributed by atoms with Crippen LogP contribution in [0.2, 0.25) is 1.89 Å². The number of hydrogen-bond acceptors (Lipinski definition) is 4. The van der Waals surface area contributed by atoms with Crippen molar-refractivity contribution >= 4 is 44.0 Å². The van der Waals surface area contributed by atoms with Gasteiger partial charge in [0, 0.05) is 29.9 Å². The summed E-state index contributed by atoms with van der Waals surface area (Å²) in [6.07, 6.45) is 0.999. The summed E-state index contributed by atoms with van der Waals surface area (Å²) in [5, 5.41) is 4.52. The third-order valence-electron chi connectivity index (χ3n) is 2.11. The molecular weight excluding hydrogens is 320 g/mol. The Labute approximate surface area is 135 Å². The van der Waals surface area contributed by atoms with Gasteiger partial charge in [-0.3, -0.25) is 4.98 Å². The fraction of sp³-hybridized carbons (Fsp3) is 0.615. The van der Waals surface area contributed by atoms with E-state index in [-0.39, 0.29) is 5.54 Å². The van der Waals surface area contributed by atoms with Crippen molar-refractivity contribution in [1.82, 2.24) is 10.3 Å². The molecule has 18 heavy (non-hydrogen) atoms. The van der Waals surface area contributed by atoms with Crippen molar-refractivity contribution in [1.29, 1.82) is 0 Å². The van der Waals surface area contributed by atoms with Gasteiger partial charge in [-0.2, -0.15) is 0 Å². The van der Waals surface area contributed by atoms with Crippen LogP contribution in [0.5, 0.6) is 0 Å². The van der Waals surface area contributed by atoms with Gasteiger partial charge >= 0.3 is 50.4 Å². The molecular formula is C13H24N2OSSr. The molecule has 0 unspecified atom stereocenters. The van der Waals surface area contributed by atoms with Gasteiger partial charge in [0.1, 0.15) is 0 Å². The van der Waals surface area contributed by atoms with Crippen molar-refractivity contribution in [2.45, 2.75) is 41.5 Å². The molecule has 0 amide bonds. The Kier molecular flexibility index (Phi) is 11.2. The molecule has 0 aromatic carbocycles. The van der Waals surface area contributed by atoms with Gasteiger partial charge in [-0.15, -0.1) is 0 Å². The third kappa shape index (κ3) is 12.0. The molecule has 0 fully saturated rings. The summed E-state index contributed by atoms with van der Waals surface area (Å²) in [5.41, 5.74) is 2.46. The molecule has 3 nitrogen and oxygen atoms in total. The van der Waals surface area contributed by atoms with Crippen LogP contribution in [0.4, 0.5) is 0 Å². The standard InChI is InChI=1S/C12H20N2.CH3.H2OS.Sr/c1-10-6-5-7-11(14-10)8-9-13-12(2,3)4;;1-2;/h5-7,13H,8-9H2,1-4H3;1H3;1-2H;/q;;;+1/p-1. The zero-order valence-corrected chi connectivity index (χ0v) is 16.4. The van der Waals surface area contributed by atoms with Gasteiger partial charge in [0.05, 0.1) is 0 Å². The number of nitrogens with zero attached hydrogens (tertiary/aromatic N) is 1. The van der Waals surface area contributed by atoms with E-state index in [1.54, 1.807) is 0 Å². The quantitative estimate of drug-likeness (QED) is 0.651. The molecule has 0 saturated carbocycles. The number of hydrogen-bond donors (Lipinski definition) is 2. The van der Waals surface area contributed by atoms with Crippen LogP contribution in [0, 0.1) is 6.92 Å². The molecule has 1 aromatic rings. The molecule has 0 aliphatic carbocycles. The fourth-order valence-corrected chi connectivity index (χ4v) is 1.30. The Morgan fingerprint density at radius 2 is 2.00 bits per heavy atom. The van der Waals surface area contributed by atoms with Crippen molar-refractivity contribution in [3.63, 3.8) is 0 Å². The molecule has 0 spiro atoms. The second-order valence-corrected chi connectivity index (χ2v) is 12.1. The predicted octanol–water partition coefficient (Wildman–Crippen LogP) is 3.18. The van der Waals surface area contributed by atoms with Crippen LogP contribution in [0.3, 0.4) is 0 Å². The van der Waals surface area contributed by atoms with Crippen LogP contribution in [0.15, 0.2) is 18.2 Å². The van der Waals surface area contributed by atoms with Gasteiger partial charge in [-0.25, -0.2) is 0 Å². The Morgan fingerprint density at radius 1 is 1.39 bits per heavy atom. The molecule has 100 valence electrons. The van der Waals surface area contributed by atoms with Gasteiger partial charge in [0.15, 0.2) is 0 Å². The normalized spacial score (nSPS) is 10.3. The van der Waals surface area contributed by atoms with E-state index >= 15 is 0 Å². The number of nitrogens with one attached hydrogen (secondary N) is 1. The molecule has 0 bridgehead atoms. The monoisotopic (exact) mass is 344 g/mol. The van der Waals surface area contributed by atoms with Crippen LogP contribution in [0.25, 0.3) is 0 Å². The molecule has 0 aliphatic heterocycles. The Balaban J connectivity index is 0.000000631. The molecule has 0 atom stereocenters. The van der Waals surface area contributed by atoms with Gasteiger partial charge in [-0.05, 0) is 39.8 Å². The van der Waals surface area contributed by atoms with Crippen molar-refractivity contribution in [3.8, 4) is 0 Å². The summed E-state index contributed by atoms with van der Waals surface area (Å²) in [7, 11) is 0. The second kappa shape index (κ2) is 10.7. The first-order valence-electron chi connectivity index (χ1n) is 6.33. The summed E-state index contributed by atoms with van der Waals surface area (Å²) in [6.45, 7) is 9.55. The summed E-state index contributed by atoms with van der Waals surface area (Å²) < 4.78 is 9.99. The number of aromatic nitrogens is 1. The number of aryl methyl sites for hydroxylation is 1. The van der Waals surface area contributed by atoms with Crippen molar-refractivity contribution in [2.75, 3.05) is 6.54 Å². The summed E-state index contributed by atoms with van der Waals surface area (Å²) in [4.78, 5) is 4.45. The average Bonchev–Trinajstić information content (AvgIpc) is 2.28. The molecule has 1 rings (SSSR count). The molecule has 2 N–H and O–H groups in total. The molecule has 5 heteroatoms. The summed E-state index contributed by atoms with van der Waals surface area (Å²) in [5.74, 6) is 0. The third-order valence-corrected chi connectivity index (χ3v) is 4.27.